The van der Waals surface area contributed by atoms with Crippen LogP contribution in [0.3, 0.4) is 0 Å². The molecular formula is C15H11N5OS2. The van der Waals surface area contributed by atoms with Crippen molar-refractivity contribution in [2.24, 2.45) is 0 Å². The molecule has 0 atom stereocenters. The molecule has 0 spiro atoms. The molecule has 0 bridgehead atoms. The molecule has 1 amide bonds. The summed E-state index contributed by atoms with van der Waals surface area (Å²) in [5, 5.41) is 11.9. The Morgan fingerprint density at radius 1 is 1.22 bits per heavy atom. The van der Waals surface area contributed by atoms with Crippen LogP contribution in [-0.4, -0.2) is 26.1 Å². The summed E-state index contributed by atoms with van der Waals surface area (Å²) in [5.74, 6) is 1.11. The molecule has 0 aromatic carbocycles. The van der Waals surface area contributed by atoms with Gasteiger partial charge in [-0.05, 0) is 29.6 Å². The first kappa shape index (κ1) is 14.0. The van der Waals surface area contributed by atoms with Gasteiger partial charge in [-0.25, -0.2) is 4.98 Å². The summed E-state index contributed by atoms with van der Waals surface area (Å²) < 4.78 is 2.28. The Kier molecular flexibility index (Phi) is 3.60. The minimum absolute atomic E-state index is 0.0970. The summed E-state index contributed by atoms with van der Waals surface area (Å²) in [6.07, 6.45) is 3.38. The van der Waals surface area contributed by atoms with Crippen LogP contribution < -0.4 is 5.32 Å². The highest BCUT2D eigenvalue weighted by Crippen LogP contribution is 2.29. The minimum Gasteiger partial charge on any atom is -0.344 e. The number of carbonyl (C=O) groups excluding carboxylic acids is 1. The molecule has 114 valence electrons. The maximum atomic E-state index is 12.2. The van der Waals surface area contributed by atoms with Crippen LogP contribution in [0.15, 0.2) is 42.0 Å². The molecule has 0 aliphatic heterocycles. The molecule has 0 unspecified atom stereocenters. The van der Waals surface area contributed by atoms with Gasteiger partial charge >= 0.3 is 0 Å². The summed E-state index contributed by atoms with van der Waals surface area (Å²) in [5.41, 5.74) is 0.882. The normalized spacial score (nSPS) is 11.0. The summed E-state index contributed by atoms with van der Waals surface area (Å²) >= 11 is 3.13. The molecule has 6 nitrogen and oxygen atoms in total. The van der Waals surface area contributed by atoms with Crippen LogP contribution in [-0.2, 0) is 6.54 Å². The first-order valence-electron chi connectivity index (χ1n) is 6.86. The Morgan fingerprint density at radius 2 is 2.09 bits per heavy atom. The Morgan fingerprint density at radius 3 is 2.91 bits per heavy atom. The minimum atomic E-state index is -0.0970. The Bertz CT molecular complexity index is 928. The number of hydrogen-bond acceptors (Lipinski definition) is 6. The van der Waals surface area contributed by atoms with Crippen LogP contribution in [0, 0.1) is 0 Å². The zero-order valence-electron chi connectivity index (χ0n) is 11.8. The van der Waals surface area contributed by atoms with E-state index in [4.69, 9.17) is 0 Å². The van der Waals surface area contributed by atoms with E-state index in [1.807, 2.05) is 29.6 Å². The van der Waals surface area contributed by atoms with Gasteiger partial charge in [-0.3, -0.25) is 14.9 Å². The third-order valence-electron chi connectivity index (χ3n) is 3.25. The molecule has 4 aromatic rings. The van der Waals surface area contributed by atoms with E-state index in [2.05, 4.69) is 25.5 Å². The quantitative estimate of drug-likeness (QED) is 0.597. The van der Waals surface area contributed by atoms with Crippen LogP contribution in [0.5, 0.6) is 0 Å². The van der Waals surface area contributed by atoms with Gasteiger partial charge in [0.2, 0.25) is 0 Å². The van der Waals surface area contributed by atoms with E-state index in [0.29, 0.717) is 23.1 Å². The van der Waals surface area contributed by atoms with Crippen LogP contribution in [0.1, 0.15) is 15.5 Å². The standard InChI is InChI=1S/C15H11N5OS2/c21-15(12-7-11-10(23-12)3-6-22-11)17-8-13-18-14(20-19-13)9-1-4-16-5-2-9/h1-7H,8H2,(H,17,21)(H,18,19,20). The van der Waals surface area contributed by atoms with Crippen molar-refractivity contribution < 1.29 is 4.79 Å². The van der Waals surface area contributed by atoms with E-state index in [-0.39, 0.29) is 5.91 Å². The van der Waals surface area contributed by atoms with Crippen molar-refractivity contribution in [3.05, 3.63) is 52.7 Å². The van der Waals surface area contributed by atoms with E-state index >= 15 is 0 Å². The van der Waals surface area contributed by atoms with E-state index < -0.39 is 0 Å². The van der Waals surface area contributed by atoms with Gasteiger partial charge in [0.15, 0.2) is 5.82 Å². The highest BCUT2D eigenvalue weighted by molar-refractivity contribution is 7.27. The number of thiophene rings is 2. The summed E-state index contributed by atoms with van der Waals surface area (Å²) in [7, 11) is 0. The number of H-pyrrole nitrogens is 1. The van der Waals surface area contributed by atoms with Gasteiger partial charge in [-0.1, -0.05) is 0 Å². The molecule has 0 radical (unpaired) electrons. The molecule has 0 aliphatic rings. The fourth-order valence-corrected chi connectivity index (χ4v) is 4.16. The second-order valence-corrected chi connectivity index (χ2v) is 6.82. The number of amides is 1. The highest BCUT2D eigenvalue weighted by atomic mass is 32.1. The fraction of sp³-hybridized carbons (Fsp3) is 0.0667. The van der Waals surface area contributed by atoms with Crippen LogP contribution >= 0.6 is 22.7 Å². The highest BCUT2D eigenvalue weighted by Gasteiger charge is 2.12. The number of nitrogens with one attached hydrogen (secondary N) is 2. The maximum absolute atomic E-state index is 12.2. The third kappa shape index (κ3) is 2.86. The third-order valence-corrected chi connectivity index (χ3v) is 5.34. The van der Waals surface area contributed by atoms with Crippen molar-refractivity contribution in [3.63, 3.8) is 0 Å². The molecule has 0 fully saturated rings. The largest absolute Gasteiger partial charge is 0.344 e. The number of pyridine rings is 1. The molecule has 0 saturated heterocycles. The van der Waals surface area contributed by atoms with Crippen molar-refractivity contribution in [3.8, 4) is 11.4 Å². The van der Waals surface area contributed by atoms with E-state index in [0.717, 1.165) is 15.0 Å². The lowest BCUT2D eigenvalue weighted by atomic mass is 10.2. The fourth-order valence-electron chi connectivity index (χ4n) is 2.13. The Labute approximate surface area is 139 Å². The molecular weight excluding hydrogens is 330 g/mol. The monoisotopic (exact) mass is 341 g/mol. The van der Waals surface area contributed by atoms with Gasteiger partial charge < -0.3 is 5.32 Å². The van der Waals surface area contributed by atoms with Crippen LogP contribution in [0.25, 0.3) is 20.8 Å². The molecule has 4 aromatic heterocycles. The molecule has 8 heteroatoms. The molecule has 23 heavy (non-hydrogen) atoms. The van der Waals surface area contributed by atoms with Crippen molar-refractivity contribution >= 4 is 38.0 Å². The lowest BCUT2D eigenvalue weighted by molar-refractivity contribution is 0.0954. The zero-order chi connectivity index (χ0) is 15.6. The van der Waals surface area contributed by atoms with E-state index in [1.54, 1.807) is 23.7 Å². The first-order valence-corrected chi connectivity index (χ1v) is 8.56. The molecule has 0 aliphatic carbocycles. The second-order valence-electron chi connectivity index (χ2n) is 4.78. The molecule has 2 N–H and O–H groups in total. The van der Waals surface area contributed by atoms with Gasteiger partial charge in [-0.2, -0.15) is 5.10 Å². The topological polar surface area (TPSA) is 83.6 Å². The first-order chi connectivity index (χ1) is 11.3. The van der Waals surface area contributed by atoms with Crippen LogP contribution in [0.4, 0.5) is 0 Å². The van der Waals surface area contributed by atoms with Crippen LogP contribution in [0.2, 0.25) is 0 Å². The van der Waals surface area contributed by atoms with Gasteiger partial charge in [0, 0.05) is 27.4 Å². The number of nitrogens with zero attached hydrogens (tertiary/aromatic N) is 3. The van der Waals surface area contributed by atoms with Gasteiger partial charge in [0.25, 0.3) is 5.91 Å². The summed E-state index contributed by atoms with van der Waals surface area (Å²) in [4.78, 5) is 21.2. The number of aromatic amines is 1. The maximum Gasteiger partial charge on any atom is 0.261 e. The number of rotatable bonds is 4. The number of aromatic nitrogens is 4. The molecule has 4 heterocycles. The van der Waals surface area contributed by atoms with Gasteiger partial charge in [0.1, 0.15) is 5.82 Å². The average molecular weight is 341 g/mol. The Balaban J connectivity index is 1.44. The molecule has 0 saturated carbocycles. The van der Waals surface area contributed by atoms with Crippen molar-refractivity contribution in [1.82, 2.24) is 25.5 Å². The number of fused-ring (bicyclic) bond motifs is 1. The zero-order valence-corrected chi connectivity index (χ0v) is 13.4. The average Bonchev–Trinajstić information content (AvgIpc) is 3.29. The van der Waals surface area contributed by atoms with Gasteiger partial charge in [-0.15, -0.1) is 22.7 Å². The van der Waals surface area contributed by atoms with E-state index in [9.17, 15) is 4.79 Å². The SMILES string of the molecule is O=C(NCc1nc(-c2ccncc2)n[nH]1)c1cc2sccc2s1. The number of hydrogen-bond donors (Lipinski definition) is 2. The Hall–Kier alpha value is -2.58. The summed E-state index contributed by atoms with van der Waals surface area (Å²) in [6.45, 7) is 0.308. The predicted molar refractivity (Wildman–Crippen MR) is 90.5 cm³/mol. The number of carbonyl (C=O) groups is 1. The van der Waals surface area contributed by atoms with E-state index in [1.165, 1.54) is 11.3 Å². The molecule has 4 rings (SSSR count). The predicted octanol–water partition coefficient (Wildman–Crippen LogP) is 3.07. The smallest absolute Gasteiger partial charge is 0.261 e. The van der Waals surface area contributed by atoms with Crippen molar-refractivity contribution in [2.75, 3.05) is 0 Å². The summed E-state index contributed by atoms with van der Waals surface area (Å²) in [6, 6.07) is 7.62. The second kappa shape index (κ2) is 5.90. The van der Waals surface area contributed by atoms with Gasteiger partial charge in [0.05, 0.1) is 11.4 Å². The lowest BCUT2D eigenvalue weighted by Gasteiger charge is -1.99. The lowest BCUT2D eigenvalue weighted by Crippen LogP contribution is -2.22. The van der Waals surface area contributed by atoms with Crippen molar-refractivity contribution in [1.29, 1.82) is 0 Å². The van der Waals surface area contributed by atoms with Crippen molar-refractivity contribution in [2.45, 2.75) is 6.54 Å².